The Hall–Kier alpha value is -5.28. The highest BCUT2D eigenvalue weighted by Crippen LogP contribution is 2.46. The summed E-state index contributed by atoms with van der Waals surface area (Å²) < 4.78 is 24.1. The Balaban J connectivity index is 1.19. The molecule has 2 aromatic heterocycles. The van der Waals surface area contributed by atoms with Crippen LogP contribution in [0, 0.1) is 13.8 Å². The van der Waals surface area contributed by atoms with E-state index < -0.39 is 36.2 Å². The summed E-state index contributed by atoms with van der Waals surface area (Å²) in [5, 5.41) is 44.5. The van der Waals surface area contributed by atoms with Crippen LogP contribution in [0.4, 0.5) is 0 Å². The molecular formula is C44H54N4O10. The first kappa shape index (κ1) is 42.3. The lowest BCUT2D eigenvalue weighted by Gasteiger charge is -2.24. The van der Waals surface area contributed by atoms with Crippen molar-refractivity contribution in [2.24, 2.45) is 0 Å². The van der Waals surface area contributed by atoms with Gasteiger partial charge in [-0.15, -0.1) is 0 Å². The van der Waals surface area contributed by atoms with Crippen LogP contribution in [0.15, 0.2) is 48.5 Å². The average molecular weight is 799 g/mol. The molecule has 2 unspecified atom stereocenters. The highest BCUT2D eigenvalue weighted by molar-refractivity contribution is 5.79. The molecule has 14 heteroatoms. The van der Waals surface area contributed by atoms with Crippen molar-refractivity contribution in [2.45, 2.75) is 103 Å². The van der Waals surface area contributed by atoms with Gasteiger partial charge in [0.1, 0.15) is 24.3 Å². The van der Waals surface area contributed by atoms with Gasteiger partial charge in [-0.1, -0.05) is 36.4 Å². The molecule has 2 aliphatic rings. The number of carbonyl (C=O) groups is 2. The second kappa shape index (κ2) is 17.7. The molecule has 6 rings (SSSR count). The third-order valence-corrected chi connectivity index (χ3v) is 11.4. The minimum Gasteiger partial charge on any atom is -0.481 e. The van der Waals surface area contributed by atoms with Crippen LogP contribution < -0.4 is 29.6 Å². The number of aliphatic hydroxyl groups excluding tert-OH is 2. The maximum Gasteiger partial charge on any atom is 0.326 e. The van der Waals surface area contributed by atoms with E-state index in [1.165, 1.54) is 28.1 Å². The van der Waals surface area contributed by atoms with Gasteiger partial charge in [0.2, 0.25) is 23.5 Å². The highest BCUT2D eigenvalue weighted by atomic mass is 16.5. The van der Waals surface area contributed by atoms with Crippen LogP contribution in [0.5, 0.6) is 23.5 Å². The van der Waals surface area contributed by atoms with Gasteiger partial charge in [0.15, 0.2) is 0 Å². The van der Waals surface area contributed by atoms with E-state index in [9.17, 15) is 30.0 Å². The van der Waals surface area contributed by atoms with E-state index in [0.29, 0.717) is 34.6 Å². The van der Waals surface area contributed by atoms with Crippen molar-refractivity contribution in [1.29, 1.82) is 0 Å². The topological polar surface area (TPSA) is 202 Å². The Labute approximate surface area is 338 Å². The summed E-state index contributed by atoms with van der Waals surface area (Å²) in [4.78, 5) is 33.0. The third kappa shape index (κ3) is 9.20. The maximum absolute atomic E-state index is 11.7. The van der Waals surface area contributed by atoms with Gasteiger partial charge < -0.3 is 39.4 Å². The molecule has 0 spiro atoms. The number of methoxy groups -OCH3 is 2. The maximum atomic E-state index is 11.7. The minimum absolute atomic E-state index is 0.141. The SMILES string of the molecule is COc1nc(OCc2cccc(-c3cccc(COc4nc(OC)c(CNC(C)(CO)C(=O)O)cc4C4CC4)c3C)c2C)c(C2CC2)cc1CNC(C)(CO)C(=O)O. The van der Waals surface area contributed by atoms with Gasteiger partial charge in [-0.05, 0) is 111 Å². The van der Waals surface area contributed by atoms with Gasteiger partial charge in [0, 0.05) is 35.3 Å². The number of hydrogen-bond donors (Lipinski definition) is 6. The third-order valence-electron chi connectivity index (χ3n) is 11.4. The van der Waals surface area contributed by atoms with Crippen molar-refractivity contribution in [3.8, 4) is 34.6 Å². The van der Waals surface area contributed by atoms with E-state index in [1.54, 1.807) is 0 Å². The van der Waals surface area contributed by atoms with Crippen molar-refractivity contribution in [3.05, 3.63) is 93.0 Å². The molecule has 2 aromatic carbocycles. The summed E-state index contributed by atoms with van der Waals surface area (Å²) in [6.07, 6.45) is 4.01. The molecule has 2 saturated carbocycles. The van der Waals surface area contributed by atoms with Gasteiger partial charge in [-0.3, -0.25) is 20.2 Å². The lowest BCUT2D eigenvalue weighted by molar-refractivity contribution is -0.146. The molecule has 0 bridgehead atoms. The molecule has 0 radical (unpaired) electrons. The number of carboxylic acid groups (broad SMARTS) is 2. The number of ether oxygens (including phenoxy) is 4. The van der Waals surface area contributed by atoms with Crippen molar-refractivity contribution in [3.63, 3.8) is 0 Å². The number of rotatable bonds is 21. The molecule has 6 N–H and O–H groups in total. The number of benzene rings is 2. The van der Waals surface area contributed by atoms with E-state index in [-0.39, 0.29) is 38.1 Å². The smallest absolute Gasteiger partial charge is 0.326 e. The van der Waals surface area contributed by atoms with Crippen LogP contribution in [-0.4, -0.2) is 80.8 Å². The molecule has 58 heavy (non-hydrogen) atoms. The quantitative estimate of drug-likeness (QED) is 0.0614. The summed E-state index contributed by atoms with van der Waals surface area (Å²) in [5.41, 5.74) is 6.47. The monoisotopic (exact) mass is 798 g/mol. The zero-order valence-electron chi connectivity index (χ0n) is 34.0. The Morgan fingerprint density at radius 2 is 1.03 bits per heavy atom. The molecule has 2 atom stereocenters. The predicted molar refractivity (Wildman–Crippen MR) is 215 cm³/mol. The van der Waals surface area contributed by atoms with Crippen molar-refractivity contribution in [1.82, 2.24) is 20.6 Å². The van der Waals surface area contributed by atoms with Gasteiger partial charge in [0.05, 0.1) is 27.4 Å². The first-order chi connectivity index (χ1) is 27.7. The van der Waals surface area contributed by atoms with E-state index in [1.807, 2.05) is 36.4 Å². The fourth-order valence-corrected chi connectivity index (χ4v) is 6.83. The molecule has 2 heterocycles. The Bertz CT molecular complexity index is 2000. The number of hydrogen-bond acceptors (Lipinski definition) is 12. The van der Waals surface area contributed by atoms with Gasteiger partial charge in [0.25, 0.3) is 0 Å². The van der Waals surface area contributed by atoms with Gasteiger partial charge in [-0.2, -0.15) is 9.97 Å². The number of aromatic nitrogens is 2. The first-order valence-corrected chi connectivity index (χ1v) is 19.5. The number of nitrogens with zero attached hydrogens (tertiary/aromatic N) is 2. The molecule has 14 nitrogen and oxygen atoms in total. The fourth-order valence-electron chi connectivity index (χ4n) is 6.83. The number of aliphatic carboxylic acids is 2. The molecule has 0 aliphatic heterocycles. The van der Waals surface area contributed by atoms with Crippen LogP contribution >= 0.6 is 0 Å². The number of carboxylic acids is 2. The Morgan fingerprint density at radius 3 is 1.34 bits per heavy atom. The first-order valence-electron chi connectivity index (χ1n) is 19.5. The van der Waals surface area contributed by atoms with Crippen LogP contribution in [-0.2, 0) is 35.9 Å². The normalized spacial score (nSPS) is 15.9. The summed E-state index contributed by atoms with van der Waals surface area (Å²) in [7, 11) is 3.03. The molecule has 4 aromatic rings. The van der Waals surface area contributed by atoms with Crippen molar-refractivity contribution < 1.29 is 49.0 Å². The summed E-state index contributed by atoms with van der Waals surface area (Å²) in [5.74, 6) is -0.122. The molecule has 0 amide bonds. The Morgan fingerprint density at radius 1 is 0.655 bits per heavy atom. The summed E-state index contributed by atoms with van der Waals surface area (Å²) in [6, 6.07) is 16.2. The highest BCUT2D eigenvalue weighted by Gasteiger charge is 2.35. The van der Waals surface area contributed by atoms with E-state index in [4.69, 9.17) is 28.9 Å². The average Bonchev–Trinajstić information content (AvgIpc) is 4.16. The number of pyridine rings is 2. The van der Waals surface area contributed by atoms with Crippen molar-refractivity contribution in [2.75, 3.05) is 27.4 Å². The molecule has 0 saturated heterocycles. The van der Waals surface area contributed by atoms with Crippen LogP contribution in [0.1, 0.15) is 95.9 Å². The molecule has 310 valence electrons. The summed E-state index contributed by atoms with van der Waals surface area (Å²) >= 11 is 0. The largest absolute Gasteiger partial charge is 0.481 e. The second-order valence-electron chi connectivity index (χ2n) is 15.7. The molecule has 2 fully saturated rings. The minimum atomic E-state index is -1.51. The van der Waals surface area contributed by atoms with E-state index in [2.05, 4.69) is 36.6 Å². The fraction of sp³-hybridized carbons (Fsp3) is 0.455. The van der Waals surface area contributed by atoms with E-state index in [0.717, 1.165) is 70.2 Å². The van der Waals surface area contributed by atoms with Crippen LogP contribution in [0.3, 0.4) is 0 Å². The Kier molecular flexibility index (Phi) is 12.9. The number of nitrogens with one attached hydrogen (secondary N) is 2. The second-order valence-corrected chi connectivity index (χ2v) is 15.7. The predicted octanol–water partition coefficient (Wildman–Crippen LogP) is 5.54. The van der Waals surface area contributed by atoms with Crippen LogP contribution in [0.2, 0.25) is 0 Å². The standard InChI is InChI=1S/C44H54N4O10/c1-25-29(21-57-39-35(27-13-14-27)17-31(37(47-39)55-5)19-45-43(3,23-49)41(51)52)9-7-11-33(25)34-12-8-10-30(26(34)2)22-58-40-36(28-15-16-28)18-32(38(48-40)56-6)20-46-44(4,24-50)42(53)54/h7-12,17-18,27-28,45-46,49-50H,13-16,19-24H2,1-6H3,(H,51,52)(H,53,54). The van der Waals surface area contributed by atoms with Crippen molar-refractivity contribution >= 4 is 11.9 Å². The zero-order chi connectivity index (χ0) is 41.8. The van der Waals surface area contributed by atoms with E-state index >= 15 is 0 Å². The zero-order valence-corrected chi connectivity index (χ0v) is 34.0. The summed E-state index contributed by atoms with van der Waals surface area (Å²) in [6.45, 7) is 6.71. The van der Waals surface area contributed by atoms with Gasteiger partial charge >= 0.3 is 11.9 Å². The molecular weight excluding hydrogens is 745 g/mol. The lowest BCUT2D eigenvalue weighted by Crippen LogP contribution is -2.52. The number of aliphatic hydroxyl groups is 2. The van der Waals surface area contributed by atoms with Crippen LogP contribution in [0.25, 0.3) is 11.1 Å². The lowest BCUT2D eigenvalue weighted by atomic mass is 9.92. The van der Waals surface area contributed by atoms with Gasteiger partial charge in [-0.25, -0.2) is 0 Å². The molecule has 2 aliphatic carbocycles.